The van der Waals surface area contributed by atoms with E-state index < -0.39 is 11.6 Å². The maximum atomic E-state index is 11.4. The Morgan fingerprint density at radius 3 is 2.84 bits per heavy atom. The largest absolute Gasteiger partial charge is 0.426 e. The third kappa shape index (κ3) is 2.57. The molecule has 4 heteroatoms. The average molecular weight is 258 g/mol. The van der Waals surface area contributed by atoms with Crippen molar-refractivity contribution in [2.45, 2.75) is 20.3 Å². The summed E-state index contributed by atoms with van der Waals surface area (Å²) < 4.78 is 10.4. The van der Waals surface area contributed by atoms with Crippen LogP contribution in [0.4, 0.5) is 0 Å². The summed E-state index contributed by atoms with van der Waals surface area (Å²) in [5, 5.41) is 0.826. The minimum absolute atomic E-state index is 0.409. The van der Waals surface area contributed by atoms with Gasteiger partial charge in [-0.15, -0.1) is 6.58 Å². The molecule has 2 aromatic rings. The van der Waals surface area contributed by atoms with Crippen molar-refractivity contribution >= 4 is 16.9 Å². The van der Waals surface area contributed by atoms with Gasteiger partial charge in [-0.3, -0.25) is 4.79 Å². The highest BCUT2D eigenvalue weighted by atomic mass is 16.5. The van der Waals surface area contributed by atoms with E-state index in [4.69, 9.17) is 9.15 Å². The van der Waals surface area contributed by atoms with Gasteiger partial charge in [-0.05, 0) is 31.0 Å². The van der Waals surface area contributed by atoms with Crippen LogP contribution in [-0.4, -0.2) is 5.97 Å². The van der Waals surface area contributed by atoms with E-state index in [1.165, 1.54) is 13.0 Å². The molecule has 1 heterocycles. The van der Waals surface area contributed by atoms with Gasteiger partial charge in [0.1, 0.15) is 11.3 Å². The van der Waals surface area contributed by atoms with Crippen LogP contribution in [0.1, 0.15) is 18.1 Å². The second kappa shape index (κ2) is 5.10. The standard InChI is InChI=1S/C15H14O4/c1-4-5-12-13(18-10(3)16)8-9(2)11-6-7-14(17)19-15(11)12/h4,6-8H,1,5H2,2-3H3. The van der Waals surface area contributed by atoms with Crippen LogP contribution in [0, 0.1) is 6.92 Å². The van der Waals surface area contributed by atoms with Gasteiger partial charge < -0.3 is 9.15 Å². The maximum absolute atomic E-state index is 11.4. The fourth-order valence-corrected chi connectivity index (χ4v) is 2.01. The average Bonchev–Trinajstić information content (AvgIpc) is 2.33. The molecule has 0 aliphatic heterocycles. The van der Waals surface area contributed by atoms with E-state index in [1.54, 1.807) is 18.2 Å². The Kier molecular flexibility index (Phi) is 3.51. The summed E-state index contributed by atoms with van der Waals surface area (Å²) >= 11 is 0. The van der Waals surface area contributed by atoms with Crippen LogP contribution in [0.3, 0.4) is 0 Å². The van der Waals surface area contributed by atoms with Crippen LogP contribution >= 0.6 is 0 Å². The minimum atomic E-state index is -0.433. The number of rotatable bonds is 3. The van der Waals surface area contributed by atoms with Gasteiger partial charge in [0.2, 0.25) is 0 Å². The van der Waals surface area contributed by atoms with Gasteiger partial charge in [0.15, 0.2) is 0 Å². The topological polar surface area (TPSA) is 56.5 Å². The molecule has 19 heavy (non-hydrogen) atoms. The predicted octanol–water partition coefficient (Wildman–Crippen LogP) is 2.76. The Morgan fingerprint density at radius 2 is 2.21 bits per heavy atom. The summed E-state index contributed by atoms with van der Waals surface area (Å²) in [6.07, 6.45) is 2.12. The fraction of sp³-hybridized carbons (Fsp3) is 0.200. The van der Waals surface area contributed by atoms with Crippen molar-refractivity contribution < 1.29 is 13.9 Å². The summed E-state index contributed by atoms with van der Waals surface area (Å²) in [7, 11) is 0. The molecule has 0 aliphatic rings. The Hall–Kier alpha value is -2.36. The van der Waals surface area contributed by atoms with Crippen LogP contribution < -0.4 is 10.4 Å². The SMILES string of the molecule is C=CCc1c(OC(C)=O)cc(C)c2ccc(=O)oc12. The second-order valence-electron chi connectivity index (χ2n) is 4.25. The molecule has 0 amide bonds. The molecule has 0 saturated heterocycles. The highest BCUT2D eigenvalue weighted by Gasteiger charge is 2.14. The van der Waals surface area contributed by atoms with Gasteiger partial charge in [-0.25, -0.2) is 4.79 Å². The van der Waals surface area contributed by atoms with E-state index in [1.807, 2.05) is 6.92 Å². The predicted molar refractivity (Wildman–Crippen MR) is 72.4 cm³/mol. The lowest BCUT2D eigenvalue weighted by Crippen LogP contribution is -2.06. The molecule has 4 nitrogen and oxygen atoms in total. The van der Waals surface area contributed by atoms with Gasteiger partial charge in [0.25, 0.3) is 0 Å². The molecule has 0 bridgehead atoms. The van der Waals surface area contributed by atoms with Gasteiger partial charge in [0, 0.05) is 23.9 Å². The normalized spacial score (nSPS) is 10.4. The molecule has 0 radical (unpaired) electrons. The first-order valence-corrected chi connectivity index (χ1v) is 5.88. The number of hydrogen-bond acceptors (Lipinski definition) is 4. The minimum Gasteiger partial charge on any atom is -0.426 e. The number of aryl methyl sites for hydroxylation is 1. The Balaban J connectivity index is 2.81. The zero-order chi connectivity index (χ0) is 14.0. The Bertz CT molecular complexity index is 710. The van der Waals surface area contributed by atoms with E-state index in [9.17, 15) is 9.59 Å². The monoisotopic (exact) mass is 258 g/mol. The lowest BCUT2D eigenvalue weighted by molar-refractivity contribution is -0.131. The lowest BCUT2D eigenvalue weighted by atomic mass is 10.0. The van der Waals surface area contributed by atoms with Crippen LogP contribution in [0.5, 0.6) is 5.75 Å². The summed E-state index contributed by atoms with van der Waals surface area (Å²) in [5.74, 6) is -0.00547. The molecule has 0 fully saturated rings. The zero-order valence-electron chi connectivity index (χ0n) is 10.9. The number of fused-ring (bicyclic) bond motifs is 1. The first-order chi connectivity index (χ1) is 9.02. The highest BCUT2D eigenvalue weighted by molar-refractivity contribution is 5.86. The third-order valence-electron chi connectivity index (χ3n) is 2.78. The molecule has 2 rings (SSSR count). The van der Waals surface area contributed by atoms with Gasteiger partial charge in [-0.1, -0.05) is 6.08 Å². The van der Waals surface area contributed by atoms with Crippen molar-refractivity contribution in [3.05, 3.63) is 52.4 Å². The second-order valence-corrected chi connectivity index (χ2v) is 4.25. The summed E-state index contributed by atoms with van der Waals surface area (Å²) in [6.45, 7) is 6.87. The molecule has 0 unspecified atom stereocenters. The number of carbonyl (C=O) groups excluding carboxylic acids is 1. The van der Waals surface area contributed by atoms with E-state index in [0.29, 0.717) is 23.3 Å². The number of carbonyl (C=O) groups is 1. The Labute approximate surface area is 110 Å². The summed E-state index contributed by atoms with van der Waals surface area (Å²) in [6, 6.07) is 4.85. The quantitative estimate of drug-likeness (QED) is 0.367. The van der Waals surface area contributed by atoms with Gasteiger partial charge in [-0.2, -0.15) is 0 Å². The number of esters is 1. The van der Waals surface area contributed by atoms with Crippen molar-refractivity contribution in [2.75, 3.05) is 0 Å². The molecular weight excluding hydrogens is 244 g/mol. The fourth-order valence-electron chi connectivity index (χ4n) is 2.01. The van der Waals surface area contributed by atoms with Gasteiger partial charge >= 0.3 is 11.6 Å². The molecule has 0 aliphatic carbocycles. The van der Waals surface area contributed by atoms with E-state index in [0.717, 1.165) is 10.9 Å². The van der Waals surface area contributed by atoms with Gasteiger partial charge in [0.05, 0.1) is 0 Å². The van der Waals surface area contributed by atoms with Crippen LogP contribution in [0.2, 0.25) is 0 Å². The van der Waals surface area contributed by atoms with E-state index in [-0.39, 0.29) is 0 Å². The van der Waals surface area contributed by atoms with Crippen molar-refractivity contribution in [2.24, 2.45) is 0 Å². The Morgan fingerprint density at radius 1 is 1.47 bits per heavy atom. The van der Waals surface area contributed by atoms with Crippen molar-refractivity contribution in [1.82, 2.24) is 0 Å². The number of ether oxygens (including phenoxy) is 1. The smallest absolute Gasteiger partial charge is 0.336 e. The summed E-state index contributed by atoms with van der Waals surface area (Å²) in [5.41, 5.74) is 1.55. The molecule has 98 valence electrons. The molecule has 1 aromatic carbocycles. The number of hydrogen-bond donors (Lipinski definition) is 0. The van der Waals surface area contributed by atoms with Crippen LogP contribution in [0.15, 0.2) is 40.1 Å². The summed E-state index contributed by atoms with van der Waals surface area (Å²) in [4.78, 5) is 22.5. The van der Waals surface area contributed by atoms with Crippen LogP contribution in [-0.2, 0) is 11.2 Å². The lowest BCUT2D eigenvalue weighted by Gasteiger charge is -2.11. The molecule has 0 saturated carbocycles. The molecular formula is C15H14O4. The van der Waals surface area contributed by atoms with E-state index in [2.05, 4.69) is 6.58 Å². The van der Waals surface area contributed by atoms with Crippen molar-refractivity contribution in [3.63, 3.8) is 0 Å². The molecule has 1 aromatic heterocycles. The zero-order valence-corrected chi connectivity index (χ0v) is 10.9. The molecule has 0 N–H and O–H groups in total. The third-order valence-corrected chi connectivity index (χ3v) is 2.78. The first-order valence-electron chi connectivity index (χ1n) is 5.88. The van der Waals surface area contributed by atoms with Crippen molar-refractivity contribution in [3.8, 4) is 5.75 Å². The van der Waals surface area contributed by atoms with Crippen LogP contribution in [0.25, 0.3) is 11.0 Å². The maximum Gasteiger partial charge on any atom is 0.336 e. The van der Waals surface area contributed by atoms with E-state index >= 15 is 0 Å². The first kappa shape index (κ1) is 13.1. The number of benzene rings is 1. The highest BCUT2D eigenvalue weighted by Crippen LogP contribution is 2.31. The molecule has 0 atom stereocenters. The molecule has 0 spiro atoms. The number of allylic oxidation sites excluding steroid dienone is 1. The van der Waals surface area contributed by atoms with Crippen molar-refractivity contribution in [1.29, 1.82) is 0 Å².